The number of hydrogen-bond acceptors (Lipinski definition) is 8. The first kappa shape index (κ1) is 25.0. The average Bonchev–Trinajstić information content (AvgIpc) is 3.20. The number of imide groups is 1. The summed E-state index contributed by atoms with van der Waals surface area (Å²) in [5.41, 5.74) is 2.77. The lowest BCUT2D eigenvalue weighted by Gasteiger charge is -2.32. The maximum atomic E-state index is 13.6. The number of anilines is 1. The molecule has 0 unspecified atom stereocenters. The highest BCUT2D eigenvalue weighted by Gasteiger charge is 2.26. The van der Waals surface area contributed by atoms with E-state index in [-0.39, 0.29) is 5.24 Å². The molecule has 11 heteroatoms. The highest BCUT2D eigenvalue weighted by Crippen LogP contribution is 2.27. The molecule has 2 saturated heterocycles. The number of carbonyl (C=O) groups is 2. The number of thioether (sulfide) groups is 1. The monoisotopic (exact) mass is 522 g/mol. The third-order valence-corrected chi connectivity index (χ3v) is 7.13. The predicted molar refractivity (Wildman–Crippen MR) is 137 cm³/mol. The number of piperidine rings is 1. The van der Waals surface area contributed by atoms with Crippen LogP contribution in [0.5, 0.6) is 0 Å². The molecule has 2 N–H and O–H groups in total. The summed E-state index contributed by atoms with van der Waals surface area (Å²) in [6, 6.07) is 11.7. The highest BCUT2D eigenvalue weighted by atomic mass is 32.2. The van der Waals surface area contributed by atoms with E-state index in [1.54, 1.807) is 18.3 Å². The van der Waals surface area contributed by atoms with Gasteiger partial charge in [0.05, 0.1) is 10.6 Å². The summed E-state index contributed by atoms with van der Waals surface area (Å²) in [6.07, 6.45) is 5.16. The number of halogens is 2. The van der Waals surface area contributed by atoms with E-state index in [4.69, 9.17) is 0 Å². The molecule has 37 heavy (non-hydrogen) atoms. The van der Waals surface area contributed by atoms with Crippen LogP contribution in [-0.4, -0.2) is 45.7 Å². The standard InChI is InChI=1S/C26H24F2N6O2S/c27-22-11-18(12-23(28)32-22)20-4-2-1-3-17(20)15-29-14-16-6-9-34(10-7-16)25-30-8-5-19(31-25)13-21-24(35)33-26(36)37-21/h1-5,8,11-13,16,29H,6-7,9-10,14-15H2,(H,33,35,36)/b21-13-. The Bertz CT molecular complexity index is 1340. The quantitative estimate of drug-likeness (QED) is 0.353. The molecule has 2 amide bonds. The van der Waals surface area contributed by atoms with E-state index < -0.39 is 17.8 Å². The van der Waals surface area contributed by atoms with Gasteiger partial charge in [-0.15, -0.1) is 0 Å². The molecular weight excluding hydrogens is 498 g/mol. The Morgan fingerprint density at radius 2 is 1.84 bits per heavy atom. The van der Waals surface area contributed by atoms with Crippen LogP contribution in [0.2, 0.25) is 0 Å². The lowest BCUT2D eigenvalue weighted by molar-refractivity contribution is -0.115. The van der Waals surface area contributed by atoms with E-state index in [1.807, 2.05) is 24.3 Å². The Labute approximate surface area is 216 Å². The number of carbonyl (C=O) groups excluding carboxylic acids is 2. The van der Waals surface area contributed by atoms with Crippen LogP contribution < -0.4 is 15.5 Å². The second-order valence-corrected chi connectivity index (χ2v) is 9.87. The number of amides is 2. The van der Waals surface area contributed by atoms with Crippen LogP contribution in [0.3, 0.4) is 0 Å². The van der Waals surface area contributed by atoms with E-state index in [2.05, 4.69) is 30.5 Å². The molecule has 3 aromatic rings. The number of nitrogens with one attached hydrogen (secondary N) is 2. The van der Waals surface area contributed by atoms with E-state index in [1.165, 1.54) is 12.1 Å². The van der Waals surface area contributed by atoms with Crippen LogP contribution in [-0.2, 0) is 11.3 Å². The summed E-state index contributed by atoms with van der Waals surface area (Å²) < 4.78 is 27.3. The predicted octanol–water partition coefficient (Wildman–Crippen LogP) is 4.15. The van der Waals surface area contributed by atoms with Crippen molar-refractivity contribution in [1.82, 2.24) is 25.6 Å². The normalized spacial score (nSPS) is 17.5. The molecule has 0 radical (unpaired) electrons. The summed E-state index contributed by atoms with van der Waals surface area (Å²) >= 11 is 0.861. The lowest BCUT2D eigenvalue weighted by Crippen LogP contribution is -2.38. The average molecular weight is 523 g/mol. The molecule has 2 aromatic heterocycles. The molecular formula is C26H24F2N6O2S. The fourth-order valence-corrected chi connectivity index (χ4v) is 5.14. The lowest BCUT2D eigenvalue weighted by atomic mass is 9.96. The number of pyridine rings is 1. The number of hydrogen-bond donors (Lipinski definition) is 2. The summed E-state index contributed by atoms with van der Waals surface area (Å²) in [6.45, 7) is 2.99. The fourth-order valence-electron chi connectivity index (χ4n) is 4.47. The van der Waals surface area contributed by atoms with Crippen LogP contribution in [0.1, 0.15) is 24.1 Å². The maximum absolute atomic E-state index is 13.6. The number of nitrogens with zero attached hydrogens (tertiary/aromatic N) is 4. The summed E-state index contributed by atoms with van der Waals surface area (Å²) in [7, 11) is 0. The van der Waals surface area contributed by atoms with Gasteiger partial charge in [-0.2, -0.15) is 13.8 Å². The first-order valence-electron chi connectivity index (χ1n) is 11.9. The zero-order valence-corrected chi connectivity index (χ0v) is 20.6. The van der Waals surface area contributed by atoms with Crippen LogP contribution in [0, 0.1) is 17.8 Å². The first-order valence-corrected chi connectivity index (χ1v) is 12.7. The number of aromatic nitrogens is 3. The van der Waals surface area contributed by atoms with E-state index >= 15 is 0 Å². The molecule has 4 heterocycles. The fraction of sp³-hybridized carbons (Fsp3) is 0.269. The minimum atomic E-state index is -0.839. The highest BCUT2D eigenvalue weighted by molar-refractivity contribution is 8.18. The molecule has 0 spiro atoms. The van der Waals surface area contributed by atoms with Crippen molar-refractivity contribution in [3.63, 3.8) is 0 Å². The Hall–Kier alpha value is -3.70. The van der Waals surface area contributed by atoms with Crippen molar-refractivity contribution in [2.45, 2.75) is 19.4 Å². The third-order valence-electron chi connectivity index (χ3n) is 6.32. The smallest absolute Gasteiger partial charge is 0.290 e. The Kier molecular flexibility index (Phi) is 7.52. The van der Waals surface area contributed by atoms with Gasteiger partial charge >= 0.3 is 0 Å². The van der Waals surface area contributed by atoms with Gasteiger partial charge in [0, 0.05) is 38.0 Å². The molecule has 2 aliphatic rings. The zero-order valence-electron chi connectivity index (χ0n) is 19.8. The summed E-state index contributed by atoms with van der Waals surface area (Å²) in [5, 5.41) is 5.35. The van der Waals surface area contributed by atoms with E-state index in [0.29, 0.717) is 34.6 Å². The van der Waals surface area contributed by atoms with Crippen molar-refractivity contribution >= 4 is 34.9 Å². The van der Waals surface area contributed by atoms with Gasteiger partial charge in [0.2, 0.25) is 17.8 Å². The third kappa shape index (κ3) is 6.17. The van der Waals surface area contributed by atoms with Crippen LogP contribution in [0.4, 0.5) is 19.5 Å². The van der Waals surface area contributed by atoms with Gasteiger partial charge in [-0.3, -0.25) is 14.9 Å². The molecule has 2 fully saturated rings. The van der Waals surface area contributed by atoms with Gasteiger partial charge in [-0.1, -0.05) is 24.3 Å². The Morgan fingerprint density at radius 3 is 2.57 bits per heavy atom. The topological polar surface area (TPSA) is 100 Å². The summed E-state index contributed by atoms with van der Waals surface area (Å²) in [5.74, 6) is -1.02. The van der Waals surface area contributed by atoms with E-state index in [0.717, 1.165) is 55.4 Å². The molecule has 0 bridgehead atoms. The van der Waals surface area contributed by atoms with Crippen molar-refractivity contribution in [3.05, 3.63) is 76.7 Å². The second-order valence-electron chi connectivity index (χ2n) is 8.85. The molecule has 8 nitrogen and oxygen atoms in total. The SMILES string of the molecule is O=C1NC(=O)/C(=C/c2ccnc(N3CCC(CNCc4ccccc4-c4cc(F)nc(F)c4)CC3)n2)S1. The van der Waals surface area contributed by atoms with Crippen LogP contribution in [0.15, 0.2) is 53.6 Å². The van der Waals surface area contributed by atoms with Crippen molar-refractivity contribution < 1.29 is 18.4 Å². The first-order chi connectivity index (χ1) is 17.9. The molecule has 2 aliphatic heterocycles. The largest absolute Gasteiger partial charge is 0.341 e. The maximum Gasteiger partial charge on any atom is 0.290 e. The van der Waals surface area contributed by atoms with Crippen molar-refractivity contribution in [3.8, 4) is 11.1 Å². The molecule has 5 rings (SSSR count). The minimum absolute atomic E-state index is 0.320. The molecule has 190 valence electrons. The van der Waals surface area contributed by atoms with Crippen molar-refractivity contribution in [2.24, 2.45) is 5.92 Å². The van der Waals surface area contributed by atoms with Gasteiger partial charge in [-0.25, -0.2) is 9.97 Å². The zero-order chi connectivity index (χ0) is 25.8. The molecule has 1 aromatic carbocycles. The van der Waals surface area contributed by atoms with Gasteiger partial charge in [0.1, 0.15) is 0 Å². The molecule has 0 aliphatic carbocycles. The number of benzene rings is 1. The minimum Gasteiger partial charge on any atom is -0.341 e. The van der Waals surface area contributed by atoms with Crippen molar-refractivity contribution in [2.75, 3.05) is 24.5 Å². The molecule has 0 atom stereocenters. The van der Waals surface area contributed by atoms with Crippen molar-refractivity contribution in [1.29, 1.82) is 0 Å². The van der Waals surface area contributed by atoms with Gasteiger partial charge in [0.15, 0.2) is 0 Å². The Morgan fingerprint density at radius 1 is 1.08 bits per heavy atom. The second kappa shape index (κ2) is 11.1. The Balaban J connectivity index is 1.15. The van der Waals surface area contributed by atoms with Crippen LogP contribution in [0.25, 0.3) is 17.2 Å². The van der Waals surface area contributed by atoms with Crippen LogP contribution >= 0.6 is 11.8 Å². The number of rotatable bonds is 7. The summed E-state index contributed by atoms with van der Waals surface area (Å²) in [4.78, 5) is 37.7. The van der Waals surface area contributed by atoms with E-state index in [9.17, 15) is 18.4 Å². The van der Waals surface area contributed by atoms with Gasteiger partial charge in [-0.05, 0) is 65.9 Å². The van der Waals surface area contributed by atoms with Gasteiger partial charge in [0.25, 0.3) is 11.1 Å². The molecule has 0 saturated carbocycles. The van der Waals surface area contributed by atoms with Gasteiger partial charge < -0.3 is 10.2 Å².